The van der Waals surface area contributed by atoms with E-state index in [1.807, 2.05) is 14.0 Å². The van der Waals surface area contributed by atoms with Gasteiger partial charge < -0.3 is 4.57 Å². The van der Waals surface area contributed by atoms with Crippen LogP contribution in [0.2, 0.25) is 5.02 Å². The molecule has 4 nitrogen and oxygen atoms in total. The summed E-state index contributed by atoms with van der Waals surface area (Å²) in [5.74, 6) is 0. The molecular weight excluding hydrogens is 385 g/mol. The average Bonchev–Trinajstić information content (AvgIpc) is 2.52. The van der Waals surface area contributed by atoms with Gasteiger partial charge in [0.15, 0.2) is 0 Å². The molecule has 2 heterocycles. The molecule has 0 radical (unpaired) electrons. The van der Waals surface area contributed by atoms with Gasteiger partial charge in [0.25, 0.3) is 5.56 Å². The van der Waals surface area contributed by atoms with E-state index in [4.69, 9.17) is 11.6 Å². The van der Waals surface area contributed by atoms with Crippen molar-refractivity contribution >= 4 is 43.5 Å². The Bertz CT molecular complexity index is 663. The maximum atomic E-state index is 12.0. The smallest absolute Gasteiger partial charge is 0.265 e. The Morgan fingerprint density at radius 2 is 2.11 bits per heavy atom. The van der Waals surface area contributed by atoms with Crippen molar-refractivity contribution in [3.8, 4) is 0 Å². The van der Waals surface area contributed by atoms with Crippen molar-refractivity contribution in [3.63, 3.8) is 0 Å². The predicted octanol–water partition coefficient (Wildman–Crippen LogP) is 3.12. The number of rotatable bonds is 2. The quantitative estimate of drug-likeness (QED) is 0.784. The second kappa shape index (κ2) is 5.19. The minimum absolute atomic E-state index is 0.104. The molecular formula is C11H10Br2ClN3O. The van der Waals surface area contributed by atoms with Crippen molar-refractivity contribution in [1.82, 2.24) is 14.3 Å². The predicted molar refractivity (Wildman–Crippen MR) is 78.2 cm³/mol. The molecule has 0 amide bonds. The van der Waals surface area contributed by atoms with Gasteiger partial charge in [0.05, 0.1) is 27.4 Å². The van der Waals surface area contributed by atoms with Gasteiger partial charge >= 0.3 is 0 Å². The largest absolute Gasteiger partial charge is 0.307 e. The fourth-order valence-electron chi connectivity index (χ4n) is 1.70. The van der Waals surface area contributed by atoms with Crippen molar-refractivity contribution in [2.75, 3.05) is 0 Å². The number of aromatic nitrogens is 3. The molecule has 2 rings (SSSR count). The summed E-state index contributed by atoms with van der Waals surface area (Å²) in [5, 5.41) is 4.82. The van der Waals surface area contributed by atoms with Crippen LogP contribution < -0.4 is 5.56 Å². The average molecular weight is 395 g/mol. The van der Waals surface area contributed by atoms with Crippen LogP contribution in [0, 0.1) is 6.92 Å². The first-order valence-electron chi connectivity index (χ1n) is 5.13. The summed E-state index contributed by atoms with van der Waals surface area (Å²) >= 11 is 12.8. The normalized spacial score (nSPS) is 10.9. The van der Waals surface area contributed by atoms with Crippen molar-refractivity contribution in [2.24, 2.45) is 7.05 Å². The highest BCUT2D eigenvalue weighted by Gasteiger charge is 2.13. The number of nitrogens with zero attached hydrogens (tertiary/aromatic N) is 3. The van der Waals surface area contributed by atoms with Gasteiger partial charge in [-0.05, 0) is 44.8 Å². The number of hydrogen-bond acceptors (Lipinski definition) is 2. The third kappa shape index (κ3) is 2.55. The SMILES string of the molecule is Cc1nn(C)c(Cn2cc(Br)cc(Br)c2=O)c1Cl. The zero-order valence-corrected chi connectivity index (χ0v) is 13.7. The molecule has 0 spiro atoms. The molecule has 0 unspecified atom stereocenters. The lowest BCUT2D eigenvalue weighted by atomic mass is 10.3. The maximum Gasteiger partial charge on any atom is 0.265 e. The van der Waals surface area contributed by atoms with E-state index in [9.17, 15) is 4.79 Å². The van der Waals surface area contributed by atoms with Crippen LogP contribution in [0.3, 0.4) is 0 Å². The number of pyridine rings is 1. The van der Waals surface area contributed by atoms with E-state index >= 15 is 0 Å². The van der Waals surface area contributed by atoms with Crippen LogP contribution in [0.25, 0.3) is 0 Å². The van der Waals surface area contributed by atoms with Crippen LogP contribution >= 0.6 is 43.5 Å². The Balaban J connectivity index is 2.49. The molecule has 0 aliphatic rings. The Morgan fingerprint density at radius 3 is 2.67 bits per heavy atom. The highest BCUT2D eigenvalue weighted by Crippen LogP contribution is 2.21. The highest BCUT2D eigenvalue weighted by atomic mass is 79.9. The first-order chi connectivity index (χ1) is 8.40. The van der Waals surface area contributed by atoms with Crippen LogP contribution in [-0.2, 0) is 13.6 Å². The molecule has 2 aromatic rings. The maximum absolute atomic E-state index is 12.0. The zero-order chi connectivity index (χ0) is 13.4. The molecule has 2 aromatic heterocycles. The molecule has 0 saturated carbocycles. The van der Waals surface area contributed by atoms with E-state index in [0.29, 0.717) is 16.0 Å². The summed E-state index contributed by atoms with van der Waals surface area (Å²) in [6.45, 7) is 2.22. The van der Waals surface area contributed by atoms with E-state index in [-0.39, 0.29) is 5.56 Å². The molecule has 0 N–H and O–H groups in total. The van der Waals surface area contributed by atoms with E-state index in [1.165, 1.54) is 0 Å². The number of aryl methyl sites for hydroxylation is 2. The second-order valence-corrected chi connectivity index (χ2v) is 6.06. The molecule has 0 aliphatic carbocycles. The van der Waals surface area contributed by atoms with E-state index in [0.717, 1.165) is 15.9 Å². The molecule has 0 bridgehead atoms. The van der Waals surface area contributed by atoms with Crippen LogP contribution in [-0.4, -0.2) is 14.3 Å². The Hall–Kier alpha value is -0.590. The number of hydrogen-bond donors (Lipinski definition) is 0. The first kappa shape index (κ1) is 13.8. The molecule has 0 atom stereocenters. The number of halogens is 3. The molecule has 18 heavy (non-hydrogen) atoms. The second-order valence-electron chi connectivity index (χ2n) is 3.91. The topological polar surface area (TPSA) is 39.8 Å². The van der Waals surface area contributed by atoms with E-state index < -0.39 is 0 Å². The Morgan fingerprint density at radius 1 is 1.44 bits per heavy atom. The van der Waals surface area contributed by atoms with Crippen molar-refractivity contribution in [1.29, 1.82) is 0 Å². The standard InChI is InChI=1S/C11H10Br2ClN3O/c1-6-10(14)9(16(2)15-6)5-17-4-7(12)3-8(13)11(17)18/h3-4H,5H2,1-2H3. The molecule has 0 aromatic carbocycles. The fraction of sp³-hybridized carbons (Fsp3) is 0.273. The highest BCUT2D eigenvalue weighted by molar-refractivity contribution is 9.11. The fourth-order valence-corrected chi connectivity index (χ4v) is 3.17. The van der Waals surface area contributed by atoms with Gasteiger partial charge in [-0.3, -0.25) is 9.48 Å². The summed E-state index contributed by atoms with van der Waals surface area (Å²) in [5.41, 5.74) is 1.46. The lowest BCUT2D eigenvalue weighted by Crippen LogP contribution is -2.22. The molecule has 0 saturated heterocycles. The van der Waals surface area contributed by atoms with Gasteiger partial charge in [-0.15, -0.1) is 0 Å². The van der Waals surface area contributed by atoms with E-state index in [1.54, 1.807) is 21.5 Å². The summed E-state index contributed by atoms with van der Waals surface area (Å²) in [7, 11) is 1.81. The molecule has 96 valence electrons. The van der Waals surface area contributed by atoms with Crippen LogP contribution in [0.1, 0.15) is 11.4 Å². The summed E-state index contributed by atoms with van der Waals surface area (Å²) in [6, 6.07) is 1.72. The third-order valence-electron chi connectivity index (χ3n) is 2.59. The minimum atomic E-state index is -0.104. The van der Waals surface area contributed by atoms with Gasteiger partial charge in [-0.2, -0.15) is 5.10 Å². The lowest BCUT2D eigenvalue weighted by molar-refractivity contribution is 0.649. The van der Waals surface area contributed by atoms with Crippen LogP contribution in [0.5, 0.6) is 0 Å². The summed E-state index contributed by atoms with van der Waals surface area (Å²) < 4.78 is 4.60. The van der Waals surface area contributed by atoms with Crippen molar-refractivity contribution in [3.05, 3.63) is 48.0 Å². The van der Waals surface area contributed by atoms with Gasteiger partial charge in [-0.1, -0.05) is 11.6 Å². The third-order valence-corrected chi connectivity index (χ3v) is 4.08. The zero-order valence-electron chi connectivity index (χ0n) is 9.75. The van der Waals surface area contributed by atoms with Crippen LogP contribution in [0.4, 0.5) is 0 Å². The molecule has 7 heteroatoms. The Labute approximate surface area is 126 Å². The van der Waals surface area contributed by atoms with Gasteiger partial charge in [-0.25, -0.2) is 0 Å². The molecule has 0 aliphatic heterocycles. The van der Waals surface area contributed by atoms with E-state index in [2.05, 4.69) is 37.0 Å². The van der Waals surface area contributed by atoms with Gasteiger partial charge in [0.1, 0.15) is 0 Å². The Kier molecular flexibility index (Phi) is 3.99. The van der Waals surface area contributed by atoms with Gasteiger partial charge in [0.2, 0.25) is 0 Å². The minimum Gasteiger partial charge on any atom is -0.307 e. The summed E-state index contributed by atoms with van der Waals surface area (Å²) in [4.78, 5) is 12.0. The van der Waals surface area contributed by atoms with Crippen LogP contribution in [0.15, 0.2) is 26.0 Å². The lowest BCUT2D eigenvalue weighted by Gasteiger charge is -2.08. The summed E-state index contributed by atoms with van der Waals surface area (Å²) in [6.07, 6.45) is 1.73. The molecule has 0 fully saturated rings. The first-order valence-corrected chi connectivity index (χ1v) is 7.10. The van der Waals surface area contributed by atoms with Crippen molar-refractivity contribution < 1.29 is 0 Å². The monoisotopic (exact) mass is 393 g/mol. The van der Waals surface area contributed by atoms with Gasteiger partial charge in [0, 0.05) is 17.7 Å². The van der Waals surface area contributed by atoms with Crippen molar-refractivity contribution in [2.45, 2.75) is 13.5 Å².